The monoisotopic (exact) mass is 329 g/mol. The topological polar surface area (TPSA) is 53.9 Å². The number of benzene rings is 1. The molecular weight excluding hydrogens is 316 g/mol. The molecule has 2 aromatic rings. The van der Waals surface area contributed by atoms with E-state index in [0.29, 0.717) is 5.95 Å². The van der Waals surface area contributed by atoms with Crippen molar-refractivity contribution in [3.63, 3.8) is 0 Å². The van der Waals surface area contributed by atoms with Crippen molar-refractivity contribution in [2.75, 3.05) is 23.3 Å². The van der Waals surface area contributed by atoms with Gasteiger partial charge in [-0.3, -0.25) is 0 Å². The fraction of sp³-hybridized carbons (Fsp3) is 0.308. The second kappa shape index (κ2) is 6.87. The minimum Gasteiger partial charge on any atom is -0.341 e. The summed E-state index contributed by atoms with van der Waals surface area (Å²) in [7, 11) is 0. The number of anilines is 3. The summed E-state index contributed by atoms with van der Waals surface area (Å²) < 4.78 is 13.8. The Kier molecular flexibility index (Phi) is 5.14. The van der Waals surface area contributed by atoms with E-state index in [1.807, 2.05) is 18.7 Å². The highest BCUT2D eigenvalue weighted by atomic mass is 35.5. The summed E-state index contributed by atoms with van der Waals surface area (Å²) in [5.41, 5.74) is 0.104. The van der Waals surface area contributed by atoms with Gasteiger partial charge in [0.25, 0.3) is 0 Å². The molecule has 0 radical (unpaired) electrons. The van der Waals surface area contributed by atoms with Gasteiger partial charge in [0.05, 0.1) is 10.7 Å². The third-order valence-electron chi connectivity index (χ3n) is 2.84. The summed E-state index contributed by atoms with van der Waals surface area (Å²) in [5, 5.41) is 3.01. The van der Waals surface area contributed by atoms with E-state index in [0.717, 1.165) is 13.1 Å². The molecule has 0 saturated carbocycles. The Morgan fingerprint density at radius 1 is 1.14 bits per heavy atom. The predicted molar refractivity (Wildman–Crippen MR) is 83.1 cm³/mol. The number of halogens is 3. The summed E-state index contributed by atoms with van der Waals surface area (Å²) in [6, 6.07) is 4.38. The van der Waals surface area contributed by atoms with Crippen LogP contribution < -0.4 is 10.2 Å². The van der Waals surface area contributed by atoms with Gasteiger partial charge in [-0.15, -0.1) is 0 Å². The van der Waals surface area contributed by atoms with E-state index < -0.39 is 5.82 Å². The van der Waals surface area contributed by atoms with Crippen LogP contribution in [0.5, 0.6) is 0 Å². The van der Waals surface area contributed by atoms with Crippen LogP contribution in [0.2, 0.25) is 10.3 Å². The second-order valence-electron chi connectivity index (χ2n) is 4.12. The molecule has 0 aliphatic carbocycles. The smallest absolute Gasteiger partial charge is 0.233 e. The lowest BCUT2D eigenvalue weighted by molar-refractivity contribution is 0.631. The molecule has 0 bridgehead atoms. The highest BCUT2D eigenvalue weighted by Gasteiger charge is 2.13. The summed E-state index contributed by atoms with van der Waals surface area (Å²) in [6.07, 6.45) is 0. The normalized spacial score (nSPS) is 10.5. The van der Waals surface area contributed by atoms with Crippen LogP contribution >= 0.6 is 23.2 Å². The number of nitrogens with zero attached hydrogens (tertiary/aromatic N) is 4. The Hall–Kier alpha value is -1.66. The van der Waals surface area contributed by atoms with Crippen LogP contribution in [-0.2, 0) is 0 Å². The number of nitrogens with one attached hydrogen (secondary N) is 1. The zero-order valence-electron chi connectivity index (χ0n) is 11.6. The maximum absolute atomic E-state index is 13.8. The van der Waals surface area contributed by atoms with Crippen LogP contribution in [0.4, 0.5) is 22.0 Å². The fourth-order valence-corrected chi connectivity index (χ4v) is 2.14. The molecule has 0 atom stereocenters. The van der Waals surface area contributed by atoms with Crippen molar-refractivity contribution < 1.29 is 4.39 Å². The van der Waals surface area contributed by atoms with E-state index in [1.54, 1.807) is 6.07 Å². The van der Waals surface area contributed by atoms with E-state index >= 15 is 0 Å². The number of para-hydroxylation sites is 1. The highest BCUT2D eigenvalue weighted by Crippen LogP contribution is 2.27. The first kappa shape index (κ1) is 15.7. The predicted octanol–water partition coefficient (Wildman–Crippen LogP) is 3.91. The molecule has 5 nitrogen and oxygen atoms in total. The molecule has 2 rings (SSSR count). The quantitative estimate of drug-likeness (QED) is 0.901. The lowest BCUT2D eigenvalue weighted by Crippen LogP contribution is -2.24. The highest BCUT2D eigenvalue weighted by molar-refractivity contribution is 6.33. The molecular formula is C13H14Cl2FN5. The van der Waals surface area contributed by atoms with Crippen LogP contribution in [-0.4, -0.2) is 28.0 Å². The summed E-state index contributed by atoms with van der Waals surface area (Å²) in [6.45, 7) is 5.39. The van der Waals surface area contributed by atoms with Gasteiger partial charge in [-0.25, -0.2) is 4.39 Å². The lowest BCUT2D eigenvalue weighted by Gasteiger charge is -2.19. The molecule has 1 heterocycles. The van der Waals surface area contributed by atoms with Crippen LogP contribution in [0.1, 0.15) is 13.8 Å². The zero-order valence-corrected chi connectivity index (χ0v) is 13.1. The second-order valence-corrected chi connectivity index (χ2v) is 4.87. The van der Waals surface area contributed by atoms with Crippen LogP contribution in [0.25, 0.3) is 0 Å². The van der Waals surface area contributed by atoms with Gasteiger partial charge in [0.2, 0.25) is 17.2 Å². The number of hydrogen-bond donors (Lipinski definition) is 1. The maximum Gasteiger partial charge on any atom is 0.233 e. The summed E-state index contributed by atoms with van der Waals surface area (Å²) in [5.74, 6) is 0.0716. The average Bonchev–Trinajstić information content (AvgIpc) is 2.44. The fourth-order valence-electron chi connectivity index (χ4n) is 1.77. The Balaban J connectivity index is 2.36. The van der Waals surface area contributed by atoms with Crippen molar-refractivity contribution >= 4 is 40.8 Å². The van der Waals surface area contributed by atoms with Gasteiger partial charge in [-0.05, 0) is 37.6 Å². The van der Waals surface area contributed by atoms with Crippen LogP contribution in [0.3, 0.4) is 0 Å². The van der Waals surface area contributed by atoms with Gasteiger partial charge in [0.15, 0.2) is 0 Å². The molecule has 0 amide bonds. The molecule has 0 unspecified atom stereocenters. The van der Waals surface area contributed by atoms with Crippen LogP contribution in [0, 0.1) is 5.82 Å². The number of rotatable bonds is 5. The van der Waals surface area contributed by atoms with E-state index in [9.17, 15) is 4.39 Å². The first-order chi connectivity index (χ1) is 10.0. The van der Waals surface area contributed by atoms with Gasteiger partial charge >= 0.3 is 0 Å². The third-order valence-corrected chi connectivity index (χ3v) is 3.33. The van der Waals surface area contributed by atoms with Gasteiger partial charge in [-0.1, -0.05) is 17.7 Å². The molecule has 0 aliphatic rings. The van der Waals surface area contributed by atoms with Gasteiger partial charge in [-0.2, -0.15) is 15.0 Å². The molecule has 0 saturated heterocycles. The van der Waals surface area contributed by atoms with E-state index in [1.165, 1.54) is 12.1 Å². The minimum absolute atomic E-state index is 0.0295. The minimum atomic E-state index is -0.497. The average molecular weight is 330 g/mol. The molecule has 21 heavy (non-hydrogen) atoms. The van der Waals surface area contributed by atoms with E-state index in [-0.39, 0.29) is 21.9 Å². The number of aromatic nitrogens is 3. The van der Waals surface area contributed by atoms with Crippen molar-refractivity contribution in [2.45, 2.75) is 13.8 Å². The van der Waals surface area contributed by atoms with Gasteiger partial charge in [0, 0.05) is 13.1 Å². The molecule has 0 spiro atoms. The van der Waals surface area contributed by atoms with Gasteiger partial charge < -0.3 is 10.2 Å². The SMILES string of the molecule is CCN(CC)c1nc(Cl)nc(Nc2c(F)cccc2Cl)n1. The summed E-state index contributed by atoms with van der Waals surface area (Å²) >= 11 is 11.9. The lowest BCUT2D eigenvalue weighted by atomic mass is 10.3. The van der Waals surface area contributed by atoms with Crippen molar-refractivity contribution in [2.24, 2.45) is 0 Å². The first-order valence-corrected chi connectivity index (χ1v) is 7.18. The molecule has 8 heteroatoms. The zero-order chi connectivity index (χ0) is 15.4. The van der Waals surface area contributed by atoms with E-state index in [2.05, 4.69) is 20.3 Å². The third kappa shape index (κ3) is 3.71. The first-order valence-electron chi connectivity index (χ1n) is 6.42. The van der Waals surface area contributed by atoms with E-state index in [4.69, 9.17) is 23.2 Å². The largest absolute Gasteiger partial charge is 0.341 e. The molecule has 1 aromatic carbocycles. The standard InChI is InChI=1S/C13H14Cl2FN5/c1-3-21(4-2)13-19-11(15)18-12(20-13)17-10-8(14)6-5-7-9(10)16/h5-7H,3-4H2,1-2H3,(H,17,18,19,20). The van der Waals surface area contributed by atoms with Crippen LogP contribution in [0.15, 0.2) is 18.2 Å². The van der Waals surface area contributed by atoms with Crippen molar-refractivity contribution in [1.29, 1.82) is 0 Å². The Bertz CT molecular complexity index is 614. The van der Waals surface area contributed by atoms with Crippen molar-refractivity contribution in [3.8, 4) is 0 Å². The number of hydrogen-bond acceptors (Lipinski definition) is 5. The van der Waals surface area contributed by atoms with Crippen molar-refractivity contribution in [3.05, 3.63) is 34.3 Å². The van der Waals surface area contributed by atoms with Crippen molar-refractivity contribution in [1.82, 2.24) is 15.0 Å². The molecule has 1 N–H and O–H groups in total. The molecule has 112 valence electrons. The maximum atomic E-state index is 13.8. The Labute approximate surface area is 132 Å². The molecule has 1 aromatic heterocycles. The Morgan fingerprint density at radius 2 is 1.86 bits per heavy atom. The molecule has 0 aliphatic heterocycles. The Morgan fingerprint density at radius 3 is 2.48 bits per heavy atom. The summed E-state index contributed by atoms with van der Waals surface area (Å²) in [4.78, 5) is 14.1. The van der Waals surface area contributed by atoms with Gasteiger partial charge in [0.1, 0.15) is 5.82 Å². The molecule has 0 fully saturated rings.